The highest BCUT2D eigenvalue weighted by Gasteiger charge is 2.38. The molecule has 3 aliphatic heterocycles. The zero-order valence-electron chi connectivity index (χ0n) is 14.5. The van der Waals surface area contributed by atoms with Crippen molar-refractivity contribution in [3.8, 4) is 0 Å². The molecular formula is C20H22ClN3O2. The molecule has 26 heavy (non-hydrogen) atoms. The fourth-order valence-corrected chi connectivity index (χ4v) is 4.33. The number of benzene rings is 1. The lowest BCUT2D eigenvalue weighted by molar-refractivity contribution is 0.0583. The number of nitrogens with one attached hydrogen (secondary N) is 1. The smallest absolute Gasteiger partial charge is 0.260 e. The minimum Gasteiger partial charge on any atom is -0.334 e. The van der Waals surface area contributed by atoms with Crippen LogP contribution in [0.5, 0.6) is 0 Å². The lowest BCUT2D eigenvalue weighted by Crippen LogP contribution is -2.48. The summed E-state index contributed by atoms with van der Waals surface area (Å²) in [5.41, 5.74) is 1.05. The minimum absolute atomic E-state index is 0.139. The molecule has 2 bridgehead atoms. The van der Waals surface area contributed by atoms with Crippen molar-refractivity contribution < 1.29 is 4.79 Å². The molecule has 0 unspecified atom stereocenters. The number of hydrogen-bond donors (Lipinski definition) is 1. The predicted octanol–water partition coefficient (Wildman–Crippen LogP) is 2.76. The quantitative estimate of drug-likeness (QED) is 0.902. The van der Waals surface area contributed by atoms with Crippen molar-refractivity contribution in [3.05, 3.63) is 69.1 Å². The maximum absolute atomic E-state index is 13.0. The van der Waals surface area contributed by atoms with Crippen LogP contribution < -0.4 is 5.56 Å². The molecule has 5 rings (SSSR count). The highest BCUT2D eigenvalue weighted by Crippen LogP contribution is 2.29. The third kappa shape index (κ3) is 3.55. The van der Waals surface area contributed by atoms with Crippen LogP contribution in [0, 0.1) is 5.92 Å². The van der Waals surface area contributed by atoms with Gasteiger partial charge in [-0.2, -0.15) is 0 Å². The van der Waals surface area contributed by atoms with Crippen LogP contribution in [0.3, 0.4) is 0 Å². The van der Waals surface area contributed by atoms with Crippen LogP contribution in [0.15, 0.2) is 47.4 Å². The Morgan fingerprint density at radius 1 is 1.15 bits per heavy atom. The Kier molecular flexibility index (Phi) is 4.83. The summed E-state index contributed by atoms with van der Waals surface area (Å²) in [6, 6.07) is 12.0. The number of aromatic nitrogens is 1. The van der Waals surface area contributed by atoms with Gasteiger partial charge in [-0.25, -0.2) is 0 Å². The molecule has 3 saturated heterocycles. The van der Waals surface area contributed by atoms with Crippen LogP contribution in [0.4, 0.5) is 0 Å². The zero-order chi connectivity index (χ0) is 18.1. The van der Waals surface area contributed by atoms with E-state index in [2.05, 4.69) is 34.1 Å². The molecule has 1 aromatic carbocycles. The van der Waals surface area contributed by atoms with E-state index in [-0.39, 0.29) is 23.1 Å². The molecule has 4 heterocycles. The summed E-state index contributed by atoms with van der Waals surface area (Å²) in [4.78, 5) is 32.0. The van der Waals surface area contributed by atoms with E-state index in [1.54, 1.807) is 0 Å². The molecule has 3 fully saturated rings. The van der Waals surface area contributed by atoms with Crippen molar-refractivity contribution in [1.82, 2.24) is 14.8 Å². The molecule has 0 aliphatic carbocycles. The Morgan fingerprint density at radius 3 is 2.77 bits per heavy atom. The third-order valence-electron chi connectivity index (χ3n) is 5.40. The van der Waals surface area contributed by atoms with Gasteiger partial charge in [0.05, 0.1) is 5.02 Å². The number of aromatic amines is 1. The first-order valence-corrected chi connectivity index (χ1v) is 9.43. The fourth-order valence-electron chi connectivity index (χ4n) is 4.17. The third-order valence-corrected chi connectivity index (χ3v) is 5.62. The molecule has 136 valence electrons. The van der Waals surface area contributed by atoms with Gasteiger partial charge in [0.1, 0.15) is 5.56 Å². The maximum atomic E-state index is 13.0. The van der Waals surface area contributed by atoms with Gasteiger partial charge < -0.3 is 9.88 Å². The van der Waals surface area contributed by atoms with Crippen LogP contribution in [-0.2, 0) is 6.54 Å². The van der Waals surface area contributed by atoms with Gasteiger partial charge in [-0.05, 0) is 30.4 Å². The van der Waals surface area contributed by atoms with Crippen LogP contribution in [0.1, 0.15) is 28.8 Å². The van der Waals surface area contributed by atoms with Gasteiger partial charge in [0.15, 0.2) is 0 Å². The van der Waals surface area contributed by atoms with E-state index in [0.717, 1.165) is 32.5 Å². The average molecular weight is 372 g/mol. The summed E-state index contributed by atoms with van der Waals surface area (Å²) in [6.45, 7) is 3.44. The van der Waals surface area contributed by atoms with E-state index in [0.29, 0.717) is 17.5 Å². The first kappa shape index (κ1) is 17.3. The molecule has 0 spiro atoms. The SMILES string of the molecule is O=C(c1cc(Cl)c[nH]c1=O)N1C[C@@H]2CC[C@H]1CN(Cc1ccccc1)C2. The summed E-state index contributed by atoms with van der Waals surface area (Å²) >= 11 is 5.98. The Bertz CT molecular complexity index is 852. The topological polar surface area (TPSA) is 56.4 Å². The molecule has 0 radical (unpaired) electrons. The number of pyridine rings is 1. The molecule has 3 aliphatic rings. The van der Waals surface area contributed by atoms with Crippen molar-refractivity contribution in [2.24, 2.45) is 5.92 Å². The van der Waals surface area contributed by atoms with Crippen LogP contribution in [0.25, 0.3) is 0 Å². The van der Waals surface area contributed by atoms with Crippen molar-refractivity contribution in [1.29, 1.82) is 0 Å². The summed E-state index contributed by atoms with van der Waals surface area (Å²) < 4.78 is 0. The molecule has 1 amide bonds. The number of carbonyl (C=O) groups excluding carboxylic acids is 1. The Morgan fingerprint density at radius 2 is 1.96 bits per heavy atom. The number of rotatable bonds is 3. The normalized spacial score (nSPS) is 23.0. The van der Waals surface area contributed by atoms with Crippen molar-refractivity contribution in [3.63, 3.8) is 0 Å². The number of piperidine rings is 1. The van der Waals surface area contributed by atoms with E-state index < -0.39 is 0 Å². The number of nitrogens with zero attached hydrogens (tertiary/aromatic N) is 2. The molecule has 6 heteroatoms. The molecule has 5 nitrogen and oxygen atoms in total. The lowest BCUT2D eigenvalue weighted by atomic mass is 9.94. The molecule has 1 aromatic heterocycles. The van der Waals surface area contributed by atoms with E-state index in [1.807, 2.05) is 11.0 Å². The van der Waals surface area contributed by atoms with Gasteiger partial charge in [0.25, 0.3) is 11.5 Å². The lowest BCUT2D eigenvalue weighted by Gasteiger charge is -2.36. The van der Waals surface area contributed by atoms with Crippen molar-refractivity contribution in [2.45, 2.75) is 25.4 Å². The van der Waals surface area contributed by atoms with Crippen molar-refractivity contribution >= 4 is 17.5 Å². The molecule has 1 N–H and O–H groups in total. The second-order valence-electron chi connectivity index (χ2n) is 7.30. The average Bonchev–Trinajstić information content (AvgIpc) is 2.94. The second-order valence-corrected chi connectivity index (χ2v) is 7.73. The van der Waals surface area contributed by atoms with Gasteiger partial charge in [-0.3, -0.25) is 14.5 Å². The molecular weight excluding hydrogens is 350 g/mol. The van der Waals surface area contributed by atoms with E-state index in [1.165, 1.54) is 17.8 Å². The molecule has 2 atom stereocenters. The van der Waals surface area contributed by atoms with E-state index >= 15 is 0 Å². The van der Waals surface area contributed by atoms with Gasteiger partial charge in [-0.15, -0.1) is 0 Å². The number of H-pyrrole nitrogens is 1. The minimum atomic E-state index is -0.374. The van der Waals surface area contributed by atoms with Gasteiger partial charge in [0.2, 0.25) is 0 Å². The predicted molar refractivity (Wildman–Crippen MR) is 101 cm³/mol. The van der Waals surface area contributed by atoms with Crippen LogP contribution in [0.2, 0.25) is 5.02 Å². The maximum Gasteiger partial charge on any atom is 0.260 e. The summed E-state index contributed by atoms with van der Waals surface area (Å²) in [6.07, 6.45) is 3.53. The standard InChI is InChI=1S/C20H22ClN3O2/c21-16-8-18(19(25)22-9-16)20(26)24-12-15-6-7-17(24)13-23(11-15)10-14-4-2-1-3-5-14/h1-5,8-9,15,17H,6-7,10-13H2,(H,22,25)/t15-,17+/m1/s1. The summed E-state index contributed by atoms with van der Waals surface area (Å²) in [5, 5.41) is 0.374. The zero-order valence-corrected chi connectivity index (χ0v) is 15.3. The Balaban J connectivity index is 1.54. The fraction of sp³-hybridized carbons (Fsp3) is 0.400. The van der Waals surface area contributed by atoms with Crippen LogP contribution in [-0.4, -0.2) is 46.4 Å². The summed E-state index contributed by atoms with van der Waals surface area (Å²) in [5.74, 6) is 0.240. The monoisotopic (exact) mass is 371 g/mol. The summed E-state index contributed by atoms with van der Waals surface area (Å²) in [7, 11) is 0. The highest BCUT2D eigenvalue weighted by atomic mass is 35.5. The van der Waals surface area contributed by atoms with Crippen molar-refractivity contribution in [2.75, 3.05) is 19.6 Å². The van der Waals surface area contributed by atoms with Gasteiger partial charge in [0, 0.05) is 38.4 Å². The first-order chi connectivity index (χ1) is 12.6. The number of halogens is 1. The molecule has 0 saturated carbocycles. The number of hydrogen-bond acceptors (Lipinski definition) is 3. The molecule has 2 aromatic rings. The van der Waals surface area contributed by atoms with E-state index in [9.17, 15) is 9.59 Å². The second kappa shape index (κ2) is 7.25. The Hall–Kier alpha value is -2.11. The van der Waals surface area contributed by atoms with E-state index in [4.69, 9.17) is 11.6 Å². The number of fused-ring (bicyclic) bond motifs is 4. The van der Waals surface area contributed by atoms with Crippen LogP contribution >= 0.6 is 11.6 Å². The van der Waals surface area contributed by atoms with Gasteiger partial charge in [-0.1, -0.05) is 41.9 Å². The Labute approximate surface area is 157 Å². The largest absolute Gasteiger partial charge is 0.334 e. The first-order valence-electron chi connectivity index (χ1n) is 9.05. The highest BCUT2D eigenvalue weighted by molar-refractivity contribution is 6.30. The number of amides is 1. The van der Waals surface area contributed by atoms with Gasteiger partial charge >= 0.3 is 0 Å². The number of carbonyl (C=O) groups is 1.